The van der Waals surface area contributed by atoms with Gasteiger partial charge in [0.1, 0.15) is 5.69 Å². The van der Waals surface area contributed by atoms with E-state index in [-0.39, 0.29) is 17.2 Å². The molecular formula is C23H21Cl2N3O2. The van der Waals surface area contributed by atoms with E-state index < -0.39 is 0 Å². The Labute approximate surface area is 184 Å². The molecule has 7 heteroatoms. The Morgan fingerprint density at radius 2 is 1.50 bits per heavy atom. The Balaban J connectivity index is 1.20. The van der Waals surface area contributed by atoms with E-state index in [0.29, 0.717) is 34.4 Å². The first-order valence-corrected chi connectivity index (χ1v) is 10.8. The highest BCUT2D eigenvalue weighted by Crippen LogP contribution is 2.41. The molecule has 0 aliphatic carbocycles. The summed E-state index contributed by atoms with van der Waals surface area (Å²) in [6.45, 7) is 2.92. The van der Waals surface area contributed by atoms with Crippen molar-refractivity contribution in [1.29, 1.82) is 0 Å². The minimum absolute atomic E-state index is 0.0209. The van der Waals surface area contributed by atoms with Gasteiger partial charge in [-0.25, -0.2) is 0 Å². The summed E-state index contributed by atoms with van der Waals surface area (Å²) in [5.41, 5.74) is 2.30. The van der Waals surface area contributed by atoms with Crippen molar-refractivity contribution in [3.05, 3.63) is 69.8 Å². The van der Waals surface area contributed by atoms with Crippen LogP contribution in [0.25, 0.3) is 10.9 Å². The molecule has 0 radical (unpaired) electrons. The lowest BCUT2D eigenvalue weighted by Crippen LogP contribution is -2.62. The third-order valence-electron chi connectivity index (χ3n) is 6.36. The van der Waals surface area contributed by atoms with Crippen molar-refractivity contribution in [1.82, 2.24) is 14.8 Å². The summed E-state index contributed by atoms with van der Waals surface area (Å²) in [6, 6.07) is 14.4. The molecule has 1 aromatic heterocycles. The molecule has 0 atom stereocenters. The molecule has 3 heterocycles. The van der Waals surface area contributed by atoms with Gasteiger partial charge >= 0.3 is 0 Å². The van der Waals surface area contributed by atoms with Crippen LogP contribution in [-0.4, -0.2) is 52.8 Å². The second-order valence-corrected chi connectivity index (χ2v) is 9.25. The smallest absolute Gasteiger partial charge is 0.270 e. The fourth-order valence-electron chi connectivity index (χ4n) is 4.57. The van der Waals surface area contributed by atoms with Gasteiger partial charge < -0.3 is 14.8 Å². The highest BCUT2D eigenvalue weighted by atomic mass is 35.5. The molecule has 0 unspecified atom stereocenters. The zero-order valence-corrected chi connectivity index (χ0v) is 17.8. The average molecular weight is 442 g/mol. The van der Waals surface area contributed by atoms with Gasteiger partial charge in [-0.3, -0.25) is 9.59 Å². The van der Waals surface area contributed by atoms with E-state index in [1.807, 2.05) is 34.1 Å². The van der Waals surface area contributed by atoms with E-state index in [9.17, 15) is 9.59 Å². The van der Waals surface area contributed by atoms with Crippen molar-refractivity contribution in [3.63, 3.8) is 0 Å². The molecule has 2 aliphatic rings. The zero-order chi connectivity index (χ0) is 20.9. The van der Waals surface area contributed by atoms with Crippen LogP contribution in [0.5, 0.6) is 0 Å². The third kappa shape index (κ3) is 3.46. The summed E-state index contributed by atoms with van der Waals surface area (Å²) in [5.74, 6) is 0.0677. The number of aromatic amines is 1. The van der Waals surface area contributed by atoms with Crippen molar-refractivity contribution in [2.45, 2.75) is 12.8 Å². The predicted molar refractivity (Wildman–Crippen MR) is 118 cm³/mol. The number of benzene rings is 2. The standard InChI is InChI=1S/C23H21Cl2N3O2/c24-17-3-1-15(2-4-17)21(29)27-9-7-23(8-10-27)13-28(14-23)22(30)20-12-16-11-18(25)5-6-19(16)26-20/h1-6,11-12,26H,7-10,13-14H2. The van der Waals surface area contributed by atoms with E-state index in [1.54, 1.807) is 24.3 Å². The Hall–Kier alpha value is -2.50. The predicted octanol–water partition coefficient (Wildman–Crippen LogP) is 4.85. The van der Waals surface area contributed by atoms with Crippen LogP contribution in [0, 0.1) is 5.41 Å². The number of amides is 2. The molecule has 30 heavy (non-hydrogen) atoms. The van der Waals surface area contributed by atoms with E-state index >= 15 is 0 Å². The number of H-pyrrole nitrogens is 1. The van der Waals surface area contributed by atoms with Crippen LogP contribution in [0.2, 0.25) is 10.0 Å². The number of aromatic nitrogens is 1. The van der Waals surface area contributed by atoms with Crippen LogP contribution >= 0.6 is 23.2 Å². The number of hydrogen-bond acceptors (Lipinski definition) is 2. The van der Waals surface area contributed by atoms with Gasteiger partial charge in [-0.2, -0.15) is 0 Å². The monoisotopic (exact) mass is 441 g/mol. The normalized spacial score (nSPS) is 17.9. The zero-order valence-electron chi connectivity index (χ0n) is 16.3. The largest absolute Gasteiger partial charge is 0.351 e. The molecule has 1 spiro atoms. The lowest BCUT2D eigenvalue weighted by molar-refractivity contribution is -0.0290. The van der Waals surface area contributed by atoms with Crippen molar-refractivity contribution in [2.75, 3.05) is 26.2 Å². The number of nitrogens with zero attached hydrogens (tertiary/aromatic N) is 2. The minimum Gasteiger partial charge on any atom is -0.351 e. The highest BCUT2D eigenvalue weighted by molar-refractivity contribution is 6.31. The van der Waals surface area contributed by atoms with Crippen LogP contribution < -0.4 is 0 Å². The molecule has 0 bridgehead atoms. The second-order valence-electron chi connectivity index (χ2n) is 8.37. The number of piperidine rings is 1. The van der Waals surface area contributed by atoms with Crippen molar-refractivity contribution >= 4 is 45.9 Å². The maximum atomic E-state index is 12.9. The summed E-state index contributed by atoms with van der Waals surface area (Å²) in [7, 11) is 0. The van der Waals surface area contributed by atoms with Gasteiger partial charge in [0.05, 0.1) is 0 Å². The topological polar surface area (TPSA) is 56.4 Å². The Kier molecular flexibility index (Phi) is 4.75. The van der Waals surface area contributed by atoms with Crippen LogP contribution in [0.4, 0.5) is 0 Å². The Bertz CT molecular complexity index is 1120. The lowest BCUT2D eigenvalue weighted by Gasteiger charge is -2.53. The lowest BCUT2D eigenvalue weighted by atomic mass is 9.72. The van der Waals surface area contributed by atoms with Gasteiger partial charge in [0, 0.05) is 58.1 Å². The minimum atomic E-state index is 0.0209. The van der Waals surface area contributed by atoms with Crippen molar-refractivity contribution < 1.29 is 9.59 Å². The number of carbonyl (C=O) groups is 2. The maximum absolute atomic E-state index is 12.9. The summed E-state index contributed by atoms with van der Waals surface area (Å²) in [4.78, 5) is 32.6. The first-order chi connectivity index (χ1) is 14.4. The molecule has 2 aromatic carbocycles. The number of fused-ring (bicyclic) bond motifs is 1. The molecule has 2 amide bonds. The number of halogens is 2. The molecule has 154 valence electrons. The first kappa shape index (κ1) is 19.5. The molecule has 1 N–H and O–H groups in total. The Morgan fingerprint density at radius 3 is 2.20 bits per heavy atom. The number of hydrogen-bond donors (Lipinski definition) is 1. The molecule has 5 rings (SSSR count). The van der Waals surface area contributed by atoms with Gasteiger partial charge in [-0.05, 0) is 61.4 Å². The first-order valence-electron chi connectivity index (χ1n) is 10.0. The molecule has 2 fully saturated rings. The number of nitrogens with one attached hydrogen (secondary N) is 1. The van der Waals surface area contributed by atoms with E-state index in [2.05, 4.69) is 4.98 Å². The molecule has 3 aromatic rings. The van der Waals surface area contributed by atoms with E-state index in [1.165, 1.54) is 0 Å². The molecule has 0 saturated carbocycles. The van der Waals surface area contributed by atoms with Gasteiger partial charge in [0.2, 0.25) is 0 Å². The van der Waals surface area contributed by atoms with Gasteiger partial charge in [0.15, 0.2) is 0 Å². The molecule has 2 saturated heterocycles. The number of likely N-dealkylation sites (tertiary alicyclic amines) is 2. The molecular weight excluding hydrogens is 421 g/mol. The fraction of sp³-hybridized carbons (Fsp3) is 0.304. The van der Waals surface area contributed by atoms with Crippen LogP contribution in [0.3, 0.4) is 0 Å². The highest BCUT2D eigenvalue weighted by Gasteiger charge is 2.47. The molecule has 5 nitrogen and oxygen atoms in total. The third-order valence-corrected chi connectivity index (χ3v) is 6.84. The second kappa shape index (κ2) is 7.33. The quantitative estimate of drug-likeness (QED) is 0.617. The summed E-state index contributed by atoms with van der Waals surface area (Å²) >= 11 is 12.0. The summed E-state index contributed by atoms with van der Waals surface area (Å²) in [5, 5.41) is 2.22. The molecule has 2 aliphatic heterocycles. The van der Waals surface area contributed by atoms with Crippen LogP contribution in [0.1, 0.15) is 33.7 Å². The van der Waals surface area contributed by atoms with Gasteiger partial charge in [-0.1, -0.05) is 23.2 Å². The van der Waals surface area contributed by atoms with Crippen LogP contribution in [0.15, 0.2) is 48.5 Å². The van der Waals surface area contributed by atoms with Gasteiger partial charge in [-0.15, -0.1) is 0 Å². The summed E-state index contributed by atoms with van der Waals surface area (Å²) < 4.78 is 0. The van der Waals surface area contributed by atoms with Gasteiger partial charge in [0.25, 0.3) is 11.8 Å². The van der Waals surface area contributed by atoms with Crippen LogP contribution in [-0.2, 0) is 0 Å². The fourth-order valence-corrected chi connectivity index (χ4v) is 4.88. The van der Waals surface area contributed by atoms with Crippen molar-refractivity contribution in [2.24, 2.45) is 5.41 Å². The SMILES string of the molecule is O=C(c1ccc(Cl)cc1)N1CCC2(CC1)CN(C(=O)c1cc3cc(Cl)ccc3[nH]1)C2. The number of rotatable bonds is 2. The number of carbonyl (C=O) groups excluding carboxylic acids is 2. The maximum Gasteiger partial charge on any atom is 0.270 e. The van der Waals surface area contributed by atoms with Crippen molar-refractivity contribution in [3.8, 4) is 0 Å². The summed E-state index contributed by atoms with van der Waals surface area (Å²) in [6.07, 6.45) is 1.83. The average Bonchev–Trinajstić information content (AvgIpc) is 3.15. The van der Waals surface area contributed by atoms with E-state index in [4.69, 9.17) is 23.2 Å². The Morgan fingerprint density at radius 1 is 0.833 bits per heavy atom. The van der Waals surface area contributed by atoms with E-state index in [0.717, 1.165) is 36.8 Å².